The molecule has 3 atom stereocenters. The van der Waals surface area contributed by atoms with E-state index in [0.29, 0.717) is 12.0 Å². The van der Waals surface area contributed by atoms with Crippen molar-refractivity contribution in [3.05, 3.63) is 35.5 Å². The molecule has 1 aromatic carbocycles. The third-order valence-corrected chi connectivity index (χ3v) is 9.71. The monoisotopic (exact) mass is 490 g/mol. The Morgan fingerprint density at radius 1 is 0.972 bits per heavy atom. The fourth-order valence-electron chi connectivity index (χ4n) is 7.87. The van der Waals surface area contributed by atoms with Crippen LogP contribution in [0.2, 0.25) is 0 Å². The Kier molecular flexibility index (Phi) is 6.57. The van der Waals surface area contributed by atoms with Crippen LogP contribution >= 0.6 is 0 Å². The van der Waals surface area contributed by atoms with Gasteiger partial charge in [-0.15, -0.1) is 0 Å². The van der Waals surface area contributed by atoms with Crippen LogP contribution in [0, 0.1) is 5.92 Å². The molecule has 2 heterocycles. The molecular weight excluding hydrogens is 448 g/mol. The lowest BCUT2D eigenvalue weighted by Gasteiger charge is -2.46. The van der Waals surface area contributed by atoms with E-state index in [1.165, 1.54) is 47.7 Å². The van der Waals surface area contributed by atoms with Gasteiger partial charge in [0.15, 0.2) is 0 Å². The Balaban J connectivity index is 1.27. The number of nitrogens with one attached hydrogen (secondary N) is 1. The van der Waals surface area contributed by atoms with Crippen LogP contribution in [0.1, 0.15) is 87.7 Å². The van der Waals surface area contributed by atoms with Crippen LogP contribution in [0.5, 0.6) is 0 Å². The number of amides is 3. The Hall–Kier alpha value is -2.34. The van der Waals surface area contributed by atoms with Crippen molar-refractivity contribution in [1.29, 1.82) is 0 Å². The molecule has 3 amide bonds. The van der Waals surface area contributed by atoms with Crippen molar-refractivity contribution < 1.29 is 9.59 Å². The summed E-state index contributed by atoms with van der Waals surface area (Å²) in [5.74, 6) is 0.244. The molecule has 2 unspecified atom stereocenters. The van der Waals surface area contributed by atoms with Crippen molar-refractivity contribution in [2.45, 2.75) is 101 Å². The van der Waals surface area contributed by atoms with Crippen LogP contribution in [0.3, 0.4) is 0 Å². The minimum atomic E-state index is -0.143. The lowest BCUT2D eigenvalue weighted by Crippen LogP contribution is -2.57. The van der Waals surface area contributed by atoms with Gasteiger partial charge in [0.05, 0.1) is 5.92 Å². The van der Waals surface area contributed by atoms with Crippen LogP contribution in [0.4, 0.5) is 4.79 Å². The number of benzene rings is 1. The molecule has 1 aromatic heterocycles. The zero-order chi connectivity index (χ0) is 24.8. The highest BCUT2D eigenvalue weighted by atomic mass is 16.2. The molecular formula is C30H42N4O2. The van der Waals surface area contributed by atoms with Gasteiger partial charge in [-0.2, -0.15) is 0 Å². The van der Waals surface area contributed by atoms with Crippen molar-refractivity contribution >= 4 is 22.8 Å². The molecule has 3 fully saturated rings. The van der Waals surface area contributed by atoms with E-state index in [1.807, 2.05) is 0 Å². The molecule has 36 heavy (non-hydrogen) atoms. The van der Waals surface area contributed by atoms with Gasteiger partial charge < -0.3 is 14.8 Å². The smallest absolute Gasteiger partial charge is 0.324 e. The van der Waals surface area contributed by atoms with E-state index < -0.39 is 0 Å². The SMILES string of the molecule is CN1CC(C(=O)N(C(=O)NC2CCCCC2)C2CCCCC2)CC2c3cccc4c3c(cn4C)C[C@H]21. The van der Waals surface area contributed by atoms with E-state index in [-0.39, 0.29) is 29.9 Å². The van der Waals surface area contributed by atoms with Crippen LogP contribution in [0.25, 0.3) is 10.9 Å². The lowest BCUT2D eigenvalue weighted by molar-refractivity contribution is -0.137. The number of carbonyl (C=O) groups excluding carboxylic acids is 2. The average Bonchev–Trinajstić information content (AvgIpc) is 3.22. The molecule has 4 aliphatic rings. The number of likely N-dealkylation sites (N-methyl/N-ethyl adjacent to an activating group) is 1. The van der Waals surface area contributed by atoms with Gasteiger partial charge in [0.1, 0.15) is 0 Å². The molecule has 2 saturated carbocycles. The number of rotatable bonds is 3. The molecule has 1 saturated heterocycles. The summed E-state index contributed by atoms with van der Waals surface area (Å²) in [6, 6.07) is 7.20. The first-order valence-corrected chi connectivity index (χ1v) is 14.4. The number of nitrogens with zero attached hydrogens (tertiary/aromatic N) is 3. The summed E-state index contributed by atoms with van der Waals surface area (Å²) < 4.78 is 2.24. The molecule has 6 rings (SSSR count). The zero-order valence-corrected chi connectivity index (χ0v) is 22.0. The lowest BCUT2D eigenvalue weighted by atomic mass is 9.72. The van der Waals surface area contributed by atoms with Crippen LogP contribution in [-0.4, -0.2) is 58.0 Å². The Morgan fingerprint density at radius 3 is 2.44 bits per heavy atom. The standard InChI is InChI=1S/C30H42N4O2/c1-32-18-20-17-27-25(24-14-9-15-26(32)28(20)24)16-21(19-33(27)2)29(35)34(23-12-7-4-8-13-23)30(36)31-22-10-5-3-6-11-22/h9,14-15,18,21-23,25,27H,3-8,10-13,16-17,19H2,1-2H3,(H,31,36)/t21?,25?,27-/m1/s1. The molecule has 0 spiro atoms. The fraction of sp³-hybridized carbons (Fsp3) is 0.667. The van der Waals surface area contributed by atoms with E-state index in [9.17, 15) is 9.59 Å². The molecule has 6 heteroatoms. The minimum Gasteiger partial charge on any atom is -0.350 e. The number of piperidine rings is 1. The van der Waals surface area contributed by atoms with Crippen molar-refractivity contribution in [3.63, 3.8) is 0 Å². The van der Waals surface area contributed by atoms with E-state index in [1.54, 1.807) is 4.90 Å². The first-order chi connectivity index (χ1) is 17.5. The predicted octanol–water partition coefficient (Wildman–Crippen LogP) is 5.34. The highest BCUT2D eigenvalue weighted by molar-refractivity contribution is 5.96. The van der Waals surface area contributed by atoms with Gasteiger partial charge >= 0.3 is 6.03 Å². The average molecular weight is 491 g/mol. The summed E-state index contributed by atoms with van der Waals surface area (Å²) in [7, 11) is 4.31. The number of urea groups is 1. The maximum absolute atomic E-state index is 14.2. The normalized spacial score (nSPS) is 27.6. The molecule has 3 aliphatic carbocycles. The maximum Gasteiger partial charge on any atom is 0.324 e. The fourth-order valence-corrected chi connectivity index (χ4v) is 7.87. The number of fused-ring (bicyclic) bond motifs is 2. The van der Waals surface area contributed by atoms with Gasteiger partial charge in [-0.05, 0) is 62.8 Å². The quantitative estimate of drug-likeness (QED) is 0.632. The van der Waals surface area contributed by atoms with Gasteiger partial charge in [0, 0.05) is 54.7 Å². The zero-order valence-electron chi connectivity index (χ0n) is 22.0. The van der Waals surface area contributed by atoms with Gasteiger partial charge in [0.2, 0.25) is 5.91 Å². The van der Waals surface area contributed by atoms with Crippen LogP contribution < -0.4 is 5.32 Å². The first kappa shape index (κ1) is 24.0. The third-order valence-electron chi connectivity index (χ3n) is 9.71. The summed E-state index contributed by atoms with van der Waals surface area (Å²) in [6.07, 6.45) is 15.2. The number of hydrogen-bond acceptors (Lipinski definition) is 3. The molecule has 1 N–H and O–H groups in total. The topological polar surface area (TPSA) is 57.6 Å². The van der Waals surface area contributed by atoms with E-state index in [4.69, 9.17) is 0 Å². The first-order valence-electron chi connectivity index (χ1n) is 14.4. The predicted molar refractivity (Wildman–Crippen MR) is 143 cm³/mol. The number of hydrogen-bond donors (Lipinski definition) is 1. The maximum atomic E-state index is 14.2. The highest BCUT2D eigenvalue weighted by Gasteiger charge is 2.44. The second kappa shape index (κ2) is 9.85. The summed E-state index contributed by atoms with van der Waals surface area (Å²) in [5, 5.41) is 4.68. The van der Waals surface area contributed by atoms with Crippen molar-refractivity contribution in [2.75, 3.05) is 13.6 Å². The van der Waals surface area contributed by atoms with Gasteiger partial charge in [-0.3, -0.25) is 9.69 Å². The minimum absolute atomic E-state index is 0.0494. The van der Waals surface area contributed by atoms with Crippen molar-refractivity contribution in [3.8, 4) is 0 Å². The summed E-state index contributed by atoms with van der Waals surface area (Å²) in [5.41, 5.74) is 4.10. The Morgan fingerprint density at radius 2 is 1.69 bits per heavy atom. The number of carbonyl (C=O) groups is 2. The molecule has 0 bridgehead atoms. The highest BCUT2D eigenvalue weighted by Crippen LogP contribution is 2.45. The number of aromatic nitrogens is 1. The van der Waals surface area contributed by atoms with Gasteiger partial charge in [-0.1, -0.05) is 50.7 Å². The second-order valence-corrected chi connectivity index (χ2v) is 12.0. The molecule has 6 nitrogen and oxygen atoms in total. The summed E-state index contributed by atoms with van der Waals surface area (Å²) in [6.45, 7) is 0.734. The summed E-state index contributed by atoms with van der Waals surface area (Å²) >= 11 is 0. The largest absolute Gasteiger partial charge is 0.350 e. The number of likely N-dealkylation sites (tertiary alicyclic amines) is 1. The number of aryl methyl sites for hydroxylation is 1. The number of imide groups is 1. The third kappa shape index (κ3) is 4.25. The molecule has 0 radical (unpaired) electrons. The summed E-state index contributed by atoms with van der Waals surface area (Å²) in [4.78, 5) is 32.0. The van der Waals surface area contributed by atoms with Gasteiger partial charge in [0.25, 0.3) is 0 Å². The van der Waals surface area contributed by atoms with E-state index in [2.05, 4.69) is 53.3 Å². The van der Waals surface area contributed by atoms with Gasteiger partial charge in [-0.25, -0.2) is 4.79 Å². The Labute approximate surface area is 215 Å². The molecule has 194 valence electrons. The second-order valence-electron chi connectivity index (χ2n) is 12.0. The van der Waals surface area contributed by atoms with E-state index in [0.717, 1.165) is 57.9 Å². The molecule has 1 aliphatic heterocycles. The Bertz CT molecular complexity index is 1130. The van der Waals surface area contributed by atoms with Crippen LogP contribution in [-0.2, 0) is 18.3 Å². The van der Waals surface area contributed by atoms with Crippen molar-refractivity contribution in [1.82, 2.24) is 19.7 Å². The van der Waals surface area contributed by atoms with E-state index >= 15 is 0 Å². The molecule has 2 aromatic rings. The van der Waals surface area contributed by atoms with Crippen LogP contribution in [0.15, 0.2) is 24.4 Å². The van der Waals surface area contributed by atoms with Crippen molar-refractivity contribution in [2.24, 2.45) is 13.0 Å².